The van der Waals surface area contributed by atoms with Crippen molar-refractivity contribution in [1.29, 1.82) is 0 Å². The van der Waals surface area contributed by atoms with Crippen LogP contribution in [0.25, 0.3) is 0 Å². The lowest BCUT2D eigenvalue weighted by Gasteiger charge is -2.34. The quantitative estimate of drug-likeness (QED) is 0.269. The highest BCUT2D eigenvalue weighted by Gasteiger charge is 2.51. The Hall–Kier alpha value is -2.50. The average Bonchev–Trinajstić information content (AvgIpc) is 2.86. The van der Waals surface area contributed by atoms with Crippen molar-refractivity contribution in [1.82, 2.24) is 0 Å². The molecule has 0 aromatic heterocycles. The summed E-state index contributed by atoms with van der Waals surface area (Å²) in [5.74, 6) is 0.0565. The van der Waals surface area contributed by atoms with E-state index in [1.54, 1.807) is 12.1 Å². The van der Waals surface area contributed by atoms with Gasteiger partial charge in [-0.15, -0.1) is 0 Å². The summed E-state index contributed by atoms with van der Waals surface area (Å²) in [6.45, 7) is 6.29. The second kappa shape index (κ2) is 10.7. The molecule has 4 rings (SSSR count). The largest absolute Gasteiger partial charge is 0.483 e. The fraction of sp³-hybridized carbons (Fsp3) is 0.333. The Kier molecular flexibility index (Phi) is 7.96. The molecule has 1 aliphatic rings. The van der Waals surface area contributed by atoms with E-state index in [0.29, 0.717) is 13.2 Å². The van der Waals surface area contributed by atoms with Crippen molar-refractivity contribution >= 4 is 21.0 Å². The fourth-order valence-corrected chi connectivity index (χ4v) is 6.28. The number of ether oxygens (including phenoxy) is 3. The van der Waals surface area contributed by atoms with E-state index in [4.69, 9.17) is 18.8 Å². The van der Waals surface area contributed by atoms with Crippen molar-refractivity contribution in [2.75, 3.05) is 13.2 Å². The lowest BCUT2D eigenvalue weighted by atomic mass is 9.95. The van der Waals surface area contributed by atoms with Crippen LogP contribution < -0.4 is 4.74 Å². The third-order valence-corrected chi connectivity index (χ3v) is 9.06. The molecule has 2 atom stereocenters. The SMILES string of the molecule is CC(Oc1ccc([S+](c2ccccc2)c2ccc(C3OCC(C)(C)CO3)cc2)cc1)C(F)(F)S(=O)(=O)O. The van der Waals surface area contributed by atoms with Gasteiger partial charge in [-0.3, -0.25) is 4.55 Å². The average molecular weight is 552 g/mol. The van der Waals surface area contributed by atoms with Gasteiger partial charge in [-0.25, -0.2) is 0 Å². The molecule has 0 bridgehead atoms. The Labute approximate surface area is 218 Å². The third kappa shape index (κ3) is 6.32. The van der Waals surface area contributed by atoms with Gasteiger partial charge in [0.05, 0.1) is 24.1 Å². The Bertz CT molecular complexity index is 1290. The summed E-state index contributed by atoms with van der Waals surface area (Å²) in [4.78, 5) is 3.00. The fourth-order valence-electron chi connectivity index (χ4n) is 3.75. The zero-order valence-electron chi connectivity index (χ0n) is 20.6. The van der Waals surface area contributed by atoms with E-state index in [1.807, 2.05) is 54.6 Å². The normalized spacial score (nSPS) is 18.2. The first-order chi connectivity index (χ1) is 17.4. The van der Waals surface area contributed by atoms with Crippen LogP contribution >= 0.6 is 0 Å². The molecule has 6 nitrogen and oxygen atoms in total. The molecular formula is C27H29F2O6S2+. The number of alkyl halides is 2. The van der Waals surface area contributed by atoms with Crippen molar-refractivity contribution in [3.05, 3.63) is 84.4 Å². The predicted octanol–water partition coefficient (Wildman–Crippen LogP) is 6.10. The summed E-state index contributed by atoms with van der Waals surface area (Å²) < 4.78 is 75.5. The highest BCUT2D eigenvalue weighted by molar-refractivity contribution is 7.97. The van der Waals surface area contributed by atoms with Crippen molar-refractivity contribution < 1.29 is 36.0 Å². The molecule has 0 radical (unpaired) electrons. The van der Waals surface area contributed by atoms with Gasteiger partial charge >= 0.3 is 15.4 Å². The molecule has 0 amide bonds. The molecule has 0 aliphatic carbocycles. The number of benzene rings is 3. The monoisotopic (exact) mass is 551 g/mol. The minimum atomic E-state index is -5.61. The molecule has 37 heavy (non-hydrogen) atoms. The third-order valence-electron chi connectivity index (χ3n) is 5.81. The van der Waals surface area contributed by atoms with E-state index < -0.39 is 38.7 Å². The summed E-state index contributed by atoms with van der Waals surface area (Å²) in [5.41, 5.74) is 0.903. The van der Waals surface area contributed by atoms with E-state index >= 15 is 0 Å². The van der Waals surface area contributed by atoms with Crippen LogP contribution in [0.2, 0.25) is 0 Å². The maximum absolute atomic E-state index is 13.9. The molecule has 1 fully saturated rings. The second-order valence-electron chi connectivity index (χ2n) is 9.57. The van der Waals surface area contributed by atoms with Gasteiger partial charge in [-0.1, -0.05) is 32.0 Å². The van der Waals surface area contributed by atoms with Crippen LogP contribution in [-0.4, -0.2) is 37.5 Å². The first-order valence-electron chi connectivity index (χ1n) is 11.6. The summed E-state index contributed by atoms with van der Waals surface area (Å²) in [5, 5.41) is -4.44. The van der Waals surface area contributed by atoms with E-state index in [9.17, 15) is 17.2 Å². The summed E-state index contributed by atoms with van der Waals surface area (Å²) in [6, 6.07) is 24.4. The molecule has 1 saturated heterocycles. The summed E-state index contributed by atoms with van der Waals surface area (Å²) >= 11 is 0. The molecular weight excluding hydrogens is 522 g/mol. The Morgan fingerprint density at radius 1 is 0.919 bits per heavy atom. The van der Waals surface area contributed by atoms with E-state index in [2.05, 4.69) is 13.8 Å². The molecule has 10 heteroatoms. The highest BCUT2D eigenvalue weighted by Crippen LogP contribution is 2.36. The molecule has 1 aliphatic heterocycles. The van der Waals surface area contributed by atoms with Gasteiger partial charge in [0, 0.05) is 11.0 Å². The standard InChI is InChI=1S/C27H28F2O6S2/c1-19(27(28,29)37(30,31)32)35-21-11-15-24(16-12-21)36(22-7-5-4-6-8-22)23-13-9-20(10-14-23)25-33-17-26(2,3)18-34-25/h4-16,19,25H,17-18H2,1-3H3/p+1. The molecule has 0 spiro atoms. The van der Waals surface area contributed by atoms with Gasteiger partial charge < -0.3 is 14.2 Å². The van der Waals surface area contributed by atoms with Crippen LogP contribution in [0.1, 0.15) is 32.6 Å². The van der Waals surface area contributed by atoms with Crippen LogP contribution in [0.3, 0.4) is 0 Å². The van der Waals surface area contributed by atoms with Crippen LogP contribution in [0.5, 0.6) is 5.75 Å². The zero-order chi connectivity index (χ0) is 26.8. The van der Waals surface area contributed by atoms with Crippen LogP contribution in [0.4, 0.5) is 8.78 Å². The van der Waals surface area contributed by atoms with Crippen molar-refractivity contribution in [3.63, 3.8) is 0 Å². The van der Waals surface area contributed by atoms with Gasteiger partial charge in [0.15, 0.2) is 27.1 Å². The number of halogens is 2. The van der Waals surface area contributed by atoms with Crippen molar-refractivity contribution in [2.24, 2.45) is 5.41 Å². The molecule has 3 aromatic carbocycles. The minimum absolute atomic E-state index is 0.0217. The maximum Gasteiger partial charge on any atom is 0.405 e. The van der Waals surface area contributed by atoms with Gasteiger partial charge in [0.25, 0.3) is 0 Å². The lowest BCUT2D eigenvalue weighted by molar-refractivity contribution is -0.226. The van der Waals surface area contributed by atoms with Gasteiger partial charge in [-0.2, -0.15) is 17.2 Å². The van der Waals surface area contributed by atoms with Crippen molar-refractivity contribution in [3.8, 4) is 5.75 Å². The molecule has 0 saturated carbocycles. The van der Waals surface area contributed by atoms with Gasteiger partial charge in [0.2, 0.25) is 0 Å². The van der Waals surface area contributed by atoms with Crippen LogP contribution in [-0.2, 0) is 30.5 Å². The van der Waals surface area contributed by atoms with E-state index in [0.717, 1.165) is 27.2 Å². The first-order valence-corrected chi connectivity index (χ1v) is 14.3. The summed E-state index contributed by atoms with van der Waals surface area (Å²) in [6.07, 6.45) is -2.50. The number of hydrogen-bond donors (Lipinski definition) is 1. The molecule has 3 aromatic rings. The highest BCUT2D eigenvalue weighted by atomic mass is 32.2. The predicted molar refractivity (Wildman–Crippen MR) is 137 cm³/mol. The van der Waals surface area contributed by atoms with Crippen LogP contribution in [0, 0.1) is 5.41 Å². The van der Waals surface area contributed by atoms with Crippen LogP contribution in [0.15, 0.2) is 93.5 Å². The molecule has 1 heterocycles. The van der Waals surface area contributed by atoms with E-state index in [-0.39, 0.29) is 11.2 Å². The van der Waals surface area contributed by atoms with Gasteiger partial charge in [-0.05, 0) is 67.6 Å². The smallest absolute Gasteiger partial charge is 0.405 e. The zero-order valence-corrected chi connectivity index (χ0v) is 22.3. The molecule has 2 unspecified atom stereocenters. The second-order valence-corrected chi connectivity index (χ2v) is 13.1. The number of rotatable bonds is 8. The Morgan fingerprint density at radius 3 is 1.92 bits per heavy atom. The minimum Gasteiger partial charge on any atom is -0.483 e. The van der Waals surface area contributed by atoms with E-state index in [1.165, 1.54) is 12.1 Å². The number of hydrogen-bond acceptors (Lipinski definition) is 5. The lowest BCUT2D eigenvalue weighted by Crippen LogP contribution is -2.42. The molecule has 1 N–H and O–H groups in total. The van der Waals surface area contributed by atoms with Crippen molar-refractivity contribution in [2.45, 2.75) is 53.1 Å². The first kappa shape index (κ1) is 27.5. The summed E-state index contributed by atoms with van der Waals surface area (Å²) in [7, 11) is -6.12. The topological polar surface area (TPSA) is 82.1 Å². The Balaban J connectivity index is 1.58. The molecule has 198 valence electrons. The Morgan fingerprint density at radius 2 is 1.41 bits per heavy atom. The maximum atomic E-state index is 13.9. The van der Waals surface area contributed by atoms with Gasteiger partial charge in [0.1, 0.15) is 5.75 Å².